The predicted molar refractivity (Wildman–Crippen MR) is 142 cm³/mol. The quantitative estimate of drug-likeness (QED) is 0.283. The maximum absolute atomic E-state index is 9.62. The van der Waals surface area contributed by atoms with Gasteiger partial charge in [-0.2, -0.15) is 5.26 Å². The Kier molecular flexibility index (Phi) is 4.28. The molecule has 0 unspecified atom stereocenters. The molecule has 1 aliphatic carbocycles. The van der Waals surface area contributed by atoms with Crippen molar-refractivity contribution in [1.29, 1.82) is 5.26 Å². The number of benzene rings is 3. The van der Waals surface area contributed by atoms with Crippen molar-refractivity contribution in [2.45, 2.75) is 12.8 Å². The molecule has 0 saturated heterocycles. The topological polar surface area (TPSA) is 45.1 Å². The molecule has 0 atom stereocenters. The van der Waals surface area contributed by atoms with Crippen LogP contribution >= 0.6 is 0 Å². The van der Waals surface area contributed by atoms with Crippen LogP contribution in [0, 0.1) is 11.3 Å². The highest BCUT2D eigenvalue weighted by Gasteiger charge is 2.22. The summed E-state index contributed by atoms with van der Waals surface area (Å²) in [5, 5.41) is 13.2. The Labute approximate surface area is 203 Å². The highest BCUT2D eigenvalue weighted by atomic mass is 16.3. The molecule has 4 heteroatoms. The number of nitriles is 1. The largest absolute Gasteiger partial charge is 0.456 e. The molecule has 0 radical (unpaired) electrons. The normalized spacial score (nSPS) is 15.4. The first kappa shape index (κ1) is 19.9. The molecule has 1 aliphatic heterocycles. The van der Waals surface area contributed by atoms with E-state index in [4.69, 9.17) is 4.42 Å². The summed E-state index contributed by atoms with van der Waals surface area (Å²) in [6.45, 7) is 0.711. The molecule has 3 aromatic carbocycles. The Morgan fingerprint density at radius 2 is 1.80 bits per heavy atom. The Morgan fingerprint density at radius 1 is 0.943 bits per heavy atom. The predicted octanol–water partition coefficient (Wildman–Crippen LogP) is 7.23. The first-order valence-corrected chi connectivity index (χ1v) is 12.0. The molecule has 2 aliphatic rings. The van der Waals surface area contributed by atoms with Crippen molar-refractivity contribution in [1.82, 2.24) is 9.47 Å². The summed E-state index contributed by atoms with van der Waals surface area (Å²) in [5.41, 5.74) is 8.50. The van der Waals surface area contributed by atoms with E-state index >= 15 is 0 Å². The van der Waals surface area contributed by atoms with Gasteiger partial charge in [0.05, 0.1) is 22.1 Å². The Hall–Kier alpha value is -4.49. The van der Waals surface area contributed by atoms with E-state index < -0.39 is 0 Å². The van der Waals surface area contributed by atoms with Gasteiger partial charge in [-0.05, 0) is 54.8 Å². The zero-order valence-corrected chi connectivity index (χ0v) is 19.5. The van der Waals surface area contributed by atoms with E-state index in [1.54, 1.807) is 0 Å². The number of aryl methyl sites for hydroxylation is 1. The van der Waals surface area contributed by atoms with Gasteiger partial charge >= 0.3 is 0 Å². The summed E-state index contributed by atoms with van der Waals surface area (Å²) in [6, 6.07) is 23.8. The van der Waals surface area contributed by atoms with Gasteiger partial charge in [-0.25, -0.2) is 0 Å². The van der Waals surface area contributed by atoms with Crippen LogP contribution in [0.2, 0.25) is 0 Å². The van der Waals surface area contributed by atoms with Crippen LogP contribution in [0.25, 0.3) is 50.1 Å². The summed E-state index contributed by atoms with van der Waals surface area (Å²) in [5.74, 6) is 0.988. The maximum atomic E-state index is 9.62. The Bertz CT molecular complexity index is 1800. The smallest absolute Gasteiger partial charge is 0.145 e. The fraction of sp³-hybridized carbons (Fsp3) is 0.129. The van der Waals surface area contributed by atoms with Crippen LogP contribution in [0.5, 0.6) is 0 Å². The third kappa shape index (κ3) is 2.85. The minimum atomic E-state index is 0.676. The first-order chi connectivity index (χ1) is 17.2. The van der Waals surface area contributed by atoms with Crippen molar-refractivity contribution in [3.05, 3.63) is 101 Å². The van der Waals surface area contributed by atoms with E-state index in [-0.39, 0.29) is 0 Å². The minimum absolute atomic E-state index is 0.676. The van der Waals surface area contributed by atoms with Crippen molar-refractivity contribution in [3.63, 3.8) is 0 Å². The summed E-state index contributed by atoms with van der Waals surface area (Å²) in [6.07, 6.45) is 10.6. The van der Waals surface area contributed by atoms with Crippen molar-refractivity contribution in [2.75, 3.05) is 13.6 Å². The number of fused-ring (bicyclic) bond motifs is 7. The third-order valence-electron chi connectivity index (χ3n) is 7.31. The molecule has 168 valence electrons. The van der Waals surface area contributed by atoms with Crippen LogP contribution < -0.4 is 0 Å². The molecular formula is C31H23N3O. The average Bonchev–Trinajstić information content (AvgIpc) is 3.44. The molecule has 0 saturated carbocycles. The number of aromatic nitrogens is 1. The van der Waals surface area contributed by atoms with Crippen LogP contribution in [0.15, 0.2) is 89.0 Å². The lowest BCUT2D eigenvalue weighted by Gasteiger charge is -2.23. The summed E-state index contributed by atoms with van der Waals surface area (Å²) in [4.78, 5) is 1.97. The molecule has 0 bridgehead atoms. The van der Waals surface area contributed by atoms with E-state index in [0.29, 0.717) is 12.2 Å². The molecule has 0 spiro atoms. The van der Waals surface area contributed by atoms with Gasteiger partial charge in [-0.3, -0.25) is 0 Å². The lowest BCUT2D eigenvalue weighted by Crippen LogP contribution is -2.20. The lowest BCUT2D eigenvalue weighted by atomic mass is 9.99. The molecule has 7 rings (SSSR count). The molecule has 5 aromatic rings. The van der Waals surface area contributed by atoms with E-state index in [1.807, 2.05) is 18.0 Å². The van der Waals surface area contributed by atoms with Crippen molar-refractivity contribution >= 4 is 44.4 Å². The van der Waals surface area contributed by atoms with Crippen LogP contribution in [0.4, 0.5) is 0 Å². The zero-order chi connectivity index (χ0) is 23.5. The van der Waals surface area contributed by atoms with Gasteiger partial charge in [0.2, 0.25) is 0 Å². The number of nitrogens with zero attached hydrogens (tertiary/aromatic N) is 3. The van der Waals surface area contributed by atoms with Crippen LogP contribution in [-0.2, 0) is 6.42 Å². The van der Waals surface area contributed by atoms with E-state index in [1.165, 1.54) is 16.3 Å². The number of para-hydroxylation sites is 2. The Morgan fingerprint density at radius 3 is 2.71 bits per heavy atom. The number of likely N-dealkylation sites (N-methyl/N-ethyl adjacent to an activating group) is 1. The summed E-state index contributed by atoms with van der Waals surface area (Å²) >= 11 is 0. The van der Waals surface area contributed by atoms with E-state index in [2.05, 4.69) is 89.5 Å². The fourth-order valence-electron chi connectivity index (χ4n) is 5.61. The lowest BCUT2D eigenvalue weighted by molar-refractivity contribution is 0.479. The van der Waals surface area contributed by atoms with Gasteiger partial charge in [0.25, 0.3) is 0 Å². The second-order valence-corrected chi connectivity index (χ2v) is 9.27. The third-order valence-corrected chi connectivity index (χ3v) is 7.31. The molecule has 0 N–H and O–H groups in total. The number of allylic oxidation sites excluding steroid dienone is 4. The highest BCUT2D eigenvalue weighted by Crippen LogP contribution is 2.42. The van der Waals surface area contributed by atoms with Crippen LogP contribution in [0.3, 0.4) is 0 Å². The second-order valence-electron chi connectivity index (χ2n) is 9.27. The van der Waals surface area contributed by atoms with E-state index in [0.717, 1.165) is 57.4 Å². The van der Waals surface area contributed by atoms with Crippen molar-refractivity contribution in [2.24, 2.45) is 0 Å². The number of rotatable bonds is 2. The summed E-state index contributed by atoms with van der Waals surface area (Å²) < 4.78 is 8.83. The number of hydrogen-bond donors (Lipinski definition) is 0. The number of furan rings is 1. The average molecular weight is 454 g/mol. The SMILES string of the molecule is CN1CC=C(c2ccccc2-n2c3ccccc3c3c4oc5c(c4ccc32)CCC=C5)C=C1C#N. The van der Waals surface area contributed by atoms with Gasteiger partial charge in [-0.1, -0.05) is 48.6 Å². The van der Waals surface area contributed by atoms with Crippen LogP contribution in [-0.4, -0.2) is 23.1 Å². The summed E-state index contributed by atoms with van der Waals surface area (Å²) in [7, 11) is 1.95. The molecular weight excluding hydrogens is 430 g/mol. The van der Waals surface area contributed by atoms with Gasteiger partial charge in [0.1, 0.15) is 23.1 Å². The van der Waals surface area contributed by atoms with Crippen molar-refractivity contribution in [3.8, 4) is 11.8 Å². The molecule has 0 amide bonds. The number of hydrogen-bond acceptors (Lipinski definition) is 3. The molecule has 0 fully saturated rings. The molecule has 2 aromatic heterocycles. The minimum Gasteiger partial charge on any atom is -0.456 e. The maximum Gasteiger partial charge on any atom is 0.145 e. The second kappa shape index (κ2) is 7.51. The Balaban J connectivity index is 1.55. The van der Waals surface area contributed by atoms with Gasteiger partial charge < -0.3 is 13.9 Å². The molecule has 35 heavy (non-hydrogen) atoms. The van der Waals surface area contributed by atoms with E-state index in [9.17, 15) is 5.26 Å². The molecule has 4 nitrogen and oxygen atoms in total. The molecule has 3 heterocycles. The highest BCUT2D eigenvalue weighted by molar-refractivity contribution is 6.20. The van der Waals surface area contributed by atoms with Crippen LogP contribution in [0.1, 0.15) is 23.3 Å². The monoisotopic (exact) mass is 453 g/mol. The standard InChI is InChI=1S/C31H23N3O/c1-33-17-16-20(18-21(33)19-32)22-8-2-5-11-26(22)34-27-12-6-3-10-25(27)30-28(34)15-14-24-23-9-4-7-13-29(23)35-31(24)30/h2-3,5-8,10-16,18H,4,9,17H2,1H3. The van der Waals surface area contributed by atoms with Crippen molar-refractivity contribution < 1.29 is 4.42 Å². The van der Waals surface area contributed by atoms with Gasteiger partial charge in [0, 0.05) is 35.5 Å². The fourth-order valence-corrected chi connectivity index (χ4v) is 5.61. The van der Waals surface area contributed by atoms with Gasteiger partial charge in [-0.15, -0.1) is 0 Å². The zero-order valence-electron chi connectivity index (χ0n) is 19.5. The van der Waals surface area contributed by atoms with Gasteiger partial charge in [0.15, 0.2) is 0 Å². The first-order valence-electron chi connectivity index (χ1n) is 12.0.